The second-order valence-corrected chi connectivity index (χ2v) is 2.67. The highest BCUT2D eigenvalue weighted by molar-refractivity contribution is 5.69. The van der Waals surface area contributed by atoms with E-state index in [0.29, 0.717) is 26.2 Å². The van der Waals surface area contributed by atoms with Crippen molar-refractivity contribution < 1.29 is 9.53 Å². The zero-order chi connectivity index (χ0) is 9.10. The average Bonchev–Trinajstić information content (AvgIpc) is 2.72. The minimum absolute atomic E-state index is 0.256. The van der Waals surface area contributed by atoms with Crippen molar-refractivity contribution in [3.05, 3.63) is 6.33 Å². The lowest BCUT2D eigenvalue weighted by Gasteiger charge is -2.10. The van der Waals surface area contributed by atoms with Crippen molar-refractivity contribution in [1.29, 1.82) is 0 Å². The van der Waals surface area contributed by atoms with E-state index in [1.54, 1.807) is 9.58 Å². The molecule has 0 aromatic carbocycles. The Morgan fingerprint density at radius 3 is 3.08 bits per heavy atom. The van der Waals surface area contributed by atoms with Crippen LogP contribution in [0, 0.1) is 0 Å². The van der Waals surface area contributed by atoms with Crippen molar-refractivity contribution in [3.63, 3.8) is 0 Å². The lowest BCUT2D eigenvalue weighted by Crippen LogP contribution is -2.28. The number of carbonyl (C=O) groups excluding carboxylic acids is 1. The van der Waals surface area contributed by atoms with Crippen molar-refractivity contribution in [1.82, 2.24) is 25.1 Å². The van der Waals surface area contributed by atoms with E-state index in [4.69, 9.17) is 4.74 Å². The van der Waals surface area contributed by atoms with Gasteiger partial charge in [0.2, 0.25) is 0 Å². The SMILES string of the molecule is O=C1OCCN1CCn1cnnn1. The van der Waals surface area contributed by atoms with Gasteiger partial charge in [0.15, 0.2) is 0 Å². The summed E-state index contributed by atoms with van der Waals surface area (Å²) >= 11 is 0. The number of amides is 1. The smallest absolute Gasteiger partial charge is 0.410 e. The van der Waals surface area contributed by atoms with Gasteiger partial charge in [0.25, 0.3) is 0 Å². The van der Waals surface area contributed by atoms with Crippen molar-refractivity contribution in [3.8, 4) is 0 Å². The summed E-state index contributed by atoms with van der Waals surface area (Å²) in [6.07, 6.45) is 1.26. The highest BCUT2D eigenvalue weighted by atomic mass is 16.6. The molecule has 1 aromatic rings. The van der Waals surface area contributed by atoms with Crippen molar-refractivity contribution >= 4 is 6.09 Å². The maximum Gasteiger partial charge on any atom is 0.410 e. The molecule has 0 spiro atoms. The van der Waals surface area contributed by atoms with E-state index in [-0.39, 0.29) is 6.09 Å². The lowest BCUT2D eigenvalue weighted by atomic mass is 10.5. The predicted octanol–water partition coefficient (Wildman–Crippen LogP) is -0.875. The van der Waals surface area contributed by atoms with Gasteiger partial charge in [0.1, 0.15) is 12.9 Å². The number of nitrogens with zero attached hydrogens (tertiary/aromatic N) is 5. The molecule has 13 heavy (non-hydrogen) atoms. The summed E-state index contributed by atoms with van der Waals surface area (Å²) in [6.45, 7) is 2.32. The van der Waals surface area contributed by atoms with Gasteiger partial charge in [0, 0.05) is 6.54 Å². The van der Waals surface area contributed by atoms with Crippen molar-refractivity contribution in [2.24, 2.45) is 0 Å². The highest BCUT2D eigenvalue weighted by Crippen LogP contribution is 2.02. The van der Waals surface area contributed by atoms with Crippen LogP contribution >= 0.6 is 0 Å². The van der Waals surface area contributed by atoms with Crippen LogP contribution in [-0.2, 0) is 11.3 Å². The summed E-state index contributed by atoms with van der Waals surface area (Å²) in [7, 11) is 0. The van der Waals surface area contributed by atoms with Gasteiger partial charge in [-0.3, -0.25) is 0 Å². The molecule has 0 radical (unpaired) electrons. The molecule has 0 bridgehead atoms. The maximum absolute atomic E-state index is 11.0. The molecular weight excluding hydrogens is 174 g/mol. The van der Waals surface area contributed by atoms with Gasteiger partial charge in [-0.25, -0.2) is 9.48 Å². The van der Waals surface area contributed by atoms with Crippen LogP contribution in [0.3, 0.4) is 0 Å². The number of ether oxygens (including phenoxy) is 1. The van der Waals surface area contributed by atoms with E-state index in [0.717, 1.165) is 0 Å². The molecule has 2 heterocycles. The fraction of sp³-hybridized carbons (Fsp3) is 0.667. The van der Waals surface area contributed by atoms with Gasteiger partial charge in [0.05, 0.1) is 13.1 Å². The minimum atomic E-state index is -0.256. The zero-order valence-corrected chi connectivity index (χ0v) is 6.96. The number of cyclic esters (lactones) is 1. The van der Waals surface area contributed by atoms with Crippen LogP contribution < -0.4 is 0 Å². The van der Waals surface area contributed by atoms with Crippen LogP contribution in [0.25, 0.3) is 0 Å². The first-order chi connectivity index (χ1) is 6.36. The molecule has 7 nitrogen and oxygen atoms in total. The molecule has 1 aromatic heterocycles. The van der Waals surface area contributed by atoms with E-state index in [9.17, 15) is 4.79 Å². The third-order valence-corrected chi connectivity index (χ3v) is 1.84. The van der Waals surface area contributed by atoms with Gasteiger partial charge >= 0.3 is 6.09 Å². The second kappa shape index (κ2) is 3.38. The Hall–Kier alpha value is -1.66. The third kappa shape index (κ3) is 1.74. The van der Waals surface area contributed by atoms with Crippen LogP contribution in [0.15, 0.2) is 6.33 Å². The number of tetrazole rings is 1. The van der Waals surface area contributed by atoms with Gasteiger partial charge in [-0.1, -0.05) is 0 Å². The first-order valence-electron chi connectivity index (χ1n) is 3.99. The third-order valence-electron chi connectivity index (χ3n) is 1.84. The number of hydrogen-bond donors (Lipinski definition) is 0. The topological polar surface area (TPSA) is 73.1 Å². The van der Waals surface area contributed by atoms with E-state index >= 15 is 0 Å². The first kappa shape index (κ1) is 7.96. The Morgan fingerprint density at radius 2 is 2.46 bits per heavy atom. The van der Waals surface area contributed by atoms with E-state index in [1.165, 1.54) is 6.33 Å². The molecule has 70 valence electrons. The summed E-state index contributed by atoms with van der Waals surface area (Å²) in [4.78, 5) is 12.6. The average molecular weight is 183 g/mol. The number of rotatable bonds is 3. The summed E-state index contributed by atoms with van der Waals surface area (Å²) in [6, 6.07) is 0. The summed E-state index contributed by atoms with van der Waals surface area (Å²) in [5, 5.41) is 10.6. The second-order valence-electron chi connectivity index (χ2n) is 2.67. The number of aromatic nitrogens is 4. The number of hydrogen-bond acceptors (Lipinski definition) is 5. The highest BCUT2D eigenvalue weighted by Gasteiger charge is 2.21. The fourth-order valence-corrected chi connectivity index (χ4v) is 1.13. The Labute approximate surface area is 74.3 Å². The van der Waals surface area contributed by atoms with Gasteiger partial charge in [-0.15, -0.1) is 5.10 Å². The largest absolute Gasteiger partial charge is 0.448 e. The molecule has 7 heteroatoms. The normalized spacial score (nSPS) is 16.3. The molecule has 2 rings (SSSR count). The molecule has 1 aliphatic rings. The molecule has 0 unspecified atom stereocenters. The van der Waals surface area contributed by atoms with Crippen molar-refractivity contribution in [2.45, 2.75) is 6.54 Å². The van der Waals surface area contributed by atoms with Crippen LogP contribution in [0.2, 0.25) is 0 Å². The Balaban J connectivity index is 1.82. The molecule has 0 aliphatic carbocycles. The predicted molar refractivity (Wildman–Crippen MR) is 40.7 cm³/mol. The van der Waals surface area contributed by atoms with E-state index in [2.05, 4.69) is 15.5 Å². The van der Waals surface area contributed by atoms with Crippen molar-refractivity contribution in [2.75, 3.05) is 19.7 Å². The first-order valence-corrected chi connectivity index (χ1v) is 3.99. The van der Waals surface area contributed by atoms with Crippen LogP contribution in [0.5, 0.6) is 0 Å². The zero-order valence-electron chi connectivity index (χ0n) is 6.96. The Bertz CT molecular complexity index is 285. The lowest BCUT2D eigenvalue weighted by molar-refractivity contribution is 0.157. The maximum atomic E-state index is 11.0. The van der Waals surface area contributed by atoms with E-state index < -0.39 is 0 Å². The molecule has 0 N–H and O–H groups in total. The van der Waals surface area contributed by atoms with E-state index in [1.807, 2.05) is 0 Å². The van der Waals surface area contributed by atoms with Gasteiger partial charge in [-0.05, 0) is 10.4 Å². The Morgan fingerprint density at radius 1 is 1.54 bits per heavy atom. The quantitative estimate of drug-likeness (QED) is 0.608. The standard InChI is InChI=1S/C6H9N5O2/c12-6-10(3-4-13-6)1-2-11-5-7-8-9-11/h5H,1-4H2. The molecule has 1 amide bonds. The summed E-state index contributed by atoms with van der Waals surface area (Å²) in [5.41, 5.74) is 0. The molecule has 0 saturated carbocycles. The summed E-state index contributed by atoms with van der Waals surface area (Å²) in [5.74, 6) is 0. The molecule has 0 atom stereocenters. The van der Waals surface area contributed by atoms with Gasteiger partial charge < -0.3 is 9.64 Å². The number of carbonyl (C=O) groups is 1. The fourth-order valence-electron chi connectivity index (χ4n) is 1.13. The van der Waals surface area contributed by atoms with Crippen LogP contribution in [-0.4, -0.2) is 50.9 Å². The molecule has 1 saturated heterocycles. The molecule has 1 aliphatic heterocycles. The summed E-state index contributed by atoms with van der Waals surface area (Å²) < 4.78 is 6.34. The Kier molecular flexibility index (Phi) is 2.07. The van der Waals surface area contributed by atoms with Crippen LogP contribution in [0.4, 0.5) is 4.79 Å². The minimum Gasteiger partial charge on any atom is -0.448 e. The monoisotopic (exact) mass is 183 g/mol. The molecule has 1 fully saturated rings. The molecular formula is C6H9N5O2. The van der Waals surface area contributed by atoms with Crippen LogP contribution in [0.1, 0.15) is 0 Å². The van der Waals surface area contributed by atoms with Gasteiger partial charge in [-0.2, -0.15) is 0 Å².